The molecule has 3 aromatic rings. The Bertz CT molecular complexity index is 739. The number of rotatable bonds is 3. The molecule has 3 rings (SSSR count). The van der Waals surface area contributed by atoms with Gasteiger partial charge in [0.1, 0.15) is 5.82 Å². The zero-order valence-electron chi connectivity index (χ0n) is 12.3. The summed E-state index contributed by atoms with van der Waals surface area (Å²) in [5.41, 5.74) is 7.70. The molecule has 0 saturated heterocycles. The lowest BCUT2D eigenvalue weighted by Crippen LogP contribution is -1.96. The van der Waals surface area contributed by atoms with E-state index < -0.39 is 0 Å². The second-order valence-electron chi connectivity index (χ2n) is 5.18. The highest BCUT2D eigenvalue weighted by Crippen LogP contribution is 2.33. The number of aromatic nitrogens is 2. The number of benzene rings is 2. The average molecular weight is 264 g/mol. The molecule has 1 N–H and O–H groups in total. The average Bonchev–Trinajstić information content (AvgIpc) is 2.85. The maximum absolute atomic E-state index is 4.69. The third-order valence-electron chi connectivity index (χ3n) is 3.87. The van der Waals surface area contributed by atoms with Crippen molar-refractivity contribution in [3.8, 4) is 11.1 Å². The summed E-state index contributed by atoms with van der Waals surface area (Å²) in [6, 6.07) is 12.9. The van der Waals surface area contributed by atoms with Gasteiger partial charge >= 0.3 is 0 Å². The van der Waals surface area contributed by atoms with Crippen LogP contribution in [-0.4, -0.2) is 9.97 Å². The molecule has 1 heterocycles. The third kappa shape index (κ3) is 2.01. The molecule has 0 fully saturated rings. The van der Waals surface area contributed by atoms with Gasteiger partial charge in [-0.2, -0.15) is 0 Å². The van der Waals surface area contributed by atoms with E-state index in [4.69, 9.17) is 0 Å². The SMILES string of the molecule is CCc1cc2[nH]c(C)nc2c(CC)c1-c1ccccc1. The van der Waals surface area contributed by atoms with Crippen molar-refractivity contribution in [3.05, 3.63) is 53.3 Å². The Kier molecular flexibility index (Phi) is 3.31. The van der Waals surface area contributed by atoms with Crippen molar-refractivity contribution in [1.29, 1.82) is 0 Å². The van der Waals surface area contributed by atoms with Crippen molar-refractivity contribution in [2.24, 2.45) is 0 Å². The van der Waals surface area contributed by atoms with Gasteiger partial charge in [0.15, 0.2) is 0 Å². The van der Waals surface area contributed by atoms with E-state index in [1.54, 1.807) is 0 Å². The second-order valence-corrected chi connectivity index (χ2v) is 5.18. The van der Waals surface area contributed by atoms with Crippen LogP contribution < -0.4 is 0 Å². The minimum Gasteiger partial charge on any atom is -0.342 e. The van der Waals surface area contributed by atoms with Gasteiger partial charge in [-0.1, -0.05) is 44.2 Å². The van der Waals surface area contributed by atoms with Crippen LogP contribution in [0.3, 0.4) is 0 Å². The number of aromatic amines is 1. The maximum atomic E-state index is 4.69. The van der Waals surface area contributed by atoms with Gasteiger partial charge in [0.2, 0.25) is 0 Å². The van der Waals surface area contributed by atoms with Crippen LogP contribution in [0.2, 0.25) is 0 Å². The molecule has 2 heteroatoms. The molecule has 20 heavy (non-hydrogen) atoms. The van der Waals surface area contributed by atoms with Crippen molar-refractivity contribution in [2.45, 2.75) is 33.6 Å². The first-order valence-electron chi connectivity index (χ1n) is 7.31. The Morgan fingerprint density at radius 2 is 1.80 bits per heavy atom. The van der Waals surface area contributed by atoms with Crippen LogP contribution in [0.25, 0.3) is 22.2 Å². The standard InChI is InChI=1S/C18H20N2/c1-4-13-11-16-18(20-12(3)19-16)15(5-2)17(13)14-9-7-6-8-10-14/h6-11H,4-5H2,1-3H3,(H,19,20). The lowest BCUT2D eigenvalue weighted by molar-refractivity contribution is 1.10. The smallest absolute Gasteiger partial charge is 0.104 e. The number of imidazole rings is 1. The summed E-state index contributed by atoms with van der Waals surface area (Å²) in [7, 11) is 0. The molecule has 2 nitrogen and oxygen atoms in total. The molecule has 0 amide bonds. The second kappa shape index (κ2) is 5.12. The molecule has 0 aliphatic rings. The highest BCUT2D eigenvalue weighted by atomic mass is 14.9. The van der Waals surface area contributed by atoms with Crippen LogP contribution in [0, 0.1) is 6.92 Å². The predicted molar refractivity (Wildman–Crippen MR) is 85.0 cm³/mol. The zero-order chi connectivity index (χ0) is 14.1. The van der Waals surface area contributed by atoms with Crippen LogP contribution in [0.15, 0.2) is 36.4 Å². The monoisotopic (exact) mass is 264 g/mol. The van der Waals surface area contributed by atoms with Crippen molar-refractivity contribution in [2.75, 3.05) is 0 Å². The fourth-order valence-corrected chi connectivity index (χ4v) is 2.99. The van der Waals surface area contributed by atoms with Gasteiger partial charge < -0.3 is 4.98 Å². The number of aryl methyl sites for hydroxylation is 3. The molecule has 0 bridgehead atoms. The lowest BCUT2D eigenvalue weighted by atomic mass is 9.91. The molecule has 0 radical (unpaired) electrons. The largest absolute Gasteiger partial charge is 0.342 e. The summed E-state index contributed by atoms with van der Waals surface area (Å²) in [6.45, 7) is 6.45. The highest BCUT2D eigenvalue weighted by molar-refractivity contribution is 5.89. The number of hydrogen-bond donors (Lipinski definition) is 1. The Morgan fingerprint density at radius 3 is 2.45 bits per heavy atom. The minimum absolute atomic E-state index is 0.988. The highest BCUT2D eigenvalue weighted by Gasteiger charge is 2.15. The summed E-state index contributed by atoms with van der Waals surface area (Å²) in [6.07, 6.45) is 2.03. The predicted octanol–water partition coefficient (Wildman–Crippen LogP) is 4.66. The van der Waals surface area contributed by atoms with E-state index in [1.807, 2.05) is 6.92 Å². The minimum atomic E-state index is 0.988. The Labute approximate surface area is 119 Å². The summed E-state index contributed by atoms with van der Waals surface area (Å²) < 4.78 is 0. The summed E-state index contributed by atoms with van der Waals surface area (Å²) >= 11 is 0. The third-order valence-corrected chi connectivity index (χ3v) is 3.87. The molecule has 0 aliphatic carbocycles. The van der Waals surface area contributed by atoms with Crippen LogP contribution in [0.1, 0.15) is 30.8 Å². The molecule has 2 aromatic carbocycles. The normalized spacial score (nSPS) is 11.2. The van der Waals surface area contributed by atoms with Gasteiger partial charge in [-0.15, -0.1) is 0 Å². The van der Waals surface area contributed by atoms with Crippen LogP contribution in [-0.2, 0) is 12.8 Å². The Hall–Kier alpha value is -2.09. The van der Waals surface area contributed by atoms with E-state index in [0.717, 1.165) is 29.7 Å². The molecule has 1 aromatic heterocycles. The van der Waals surface area contributed by atoms with Gasteiger partial charge in [-0.3, -0.25) is 0 Å². The van der Waals surface area contributed by atoms with Crippen molar-refractivity contribution in [1.82, 2.24) is 9.97 Å². The van der Waals surface area contributed by atoms with Gasteiger partial charge in [0, 0.05) is 0 Å². The summed E-state index contributed by atoms with van der Waals surface area (Å²) in [4.78, 5) is 8.07. The van der Waals surface area contributed by atoms with E-state index in [2.05, 4.69) is 60.2 Å². The van der Waals surface area contributed by atoms with Gasteiger partial charge in [0.25, 0.3) is 0 Å². The van der Waals surface area contributed by atoms with Crippen LogP contribution in [0.4, 0.5) is 0 Å². The molecular weight excluding hydrogens is 244 g/mol. The first kappa shape index (κ1) is 12.9. The molecule has 0 unspecified atom stereocenters. The quantitative estimate of drug-likeness (QED) is 0.732. The molecule has 0 saturated carbocycles. The number of H-pyrrole nitrogens is 1. The first-order chi connectivity index (χ1) is 9.74. The van der Waals surface area contributed by atoms with E-state index in [9.17, 15) is 0 Å². The van der Waals surface area contributed by atoms with E-state index in [0.29, 0.717) is 0 Å². The van der Waals surface area contributed by atoms with Crippen LogP contribution >= 0.6 is 0 Å². The fraction of sp³-hybridized carbons (Fsp3) is 0.278. The Morgan fingerprint density at radius 1 is 1.05 bits per heavy atom. The fourth-order valence-electron chi connectivity index (χ4n) is 2.99. The topological polar surface area (TPSA) is 28.7 Å². The Balaban J connectivity index is 2.39. The van der Waals surface area contributed by atoms with Crippen LogP contribution in [0.5, 0.6) is 0 Å². The van der Waals surface area contributed by atoms with Gasteiger partial charge in [-0.05, 0) is 48.1 Å². The zero-order valence-corrected chi connectivity index (χ0v) is 12.3. The van der Waals surface area contributed by atoms with E-state index in [1.165, 1.54) is 22.3 Å². The van der Waals surface area contributed by atoms with Gasteiger partial charge in [-0.25, -0.2) is 4.98 Å². The molecule has 0 atom stereocenters. The lowest BCUT2D eigenvalue weighted by Gasteiger charge is -2.14. The molecule has 0 spiro atoms. The van der Waals surface area contributed by atoms with Crippen molar-refractivity contribution >= 4 is 11.0 Å². The number of fused-ring (bicyclic) bond motifs is 1. The number of nitrogens with zero attached hydrogens (tertiary/aromatic N) is 1. The first-order valence-corrected chi connectivity index (χ1v) is 7.31. The van der Waals surface area contributed by atoms with Crippen molar-refractivity contribution in [3.63, 3.8) is 0 Å². The van der Waals surface area contributed by atoms with Crippen molar-refractivity contribution < 1.29 is 0 Å². The van der Waals surface area contributed by atoms with E-state index >= 15 is 0 Å². The summed E-state index contributed by atoms with van der Waals surface area (Å²) in [5.74, 6) is 0.988. The number of hydrogen-bond acceptors (Lipinski definition) is 1. The summed E-state index contributed by atoms with van der Waals surface area (Å²) in [5, 5.41) is 0. The molecular formula is C18H20N2. The maximum Gasteiger partial charge on any atom is 0.104 e. The van der Waals surface area contributed by atoms with Gasteiger partial charge in [0.05, 0.1) is 11.0 Å². The molecule has 0 aliphatic heterocycles. The van der Waals surface area contributed by atoms with E-state index in [-0.39, 0.29) is 0 Å². The molecule has 102 valence electrons. The number of nitrogens with one attached hydrogen (secondary N) is 1.